The second-order valence-electron chi connectivity index (χ2n) is 5.82. The predicted octanol–water partition coefficient (Wildman–Crippen LogP) is 3.23. The number of anilines is 2. The van der Waals surface area contributed by atoms with Crippen molar-refractivity contribution >= 4 is 51.6 Å². The molecule has 3 N–H and O–H groups in total. The number of primary amides is 1. The zero-order valence-corrected chi connectivity index (χ0v) is 16.0. The molecule has 0 radical (unpaired) electrons. The van der Waals surface area contributed by atoms with E-state index in [9.17, 15) is 4.79 Å². The second kappa shape index (κ2) is 7.35. The fraction of sp³-hybridized carbons (Fsp3) is 0. The van der Waals surface area contributed by atoms with Crippen molar-refractivity contribution in [1.82, 2.24) is 24.7 Å². The third-order valence-corrected chi connectivity index (χ3v) is 4.51. The van der Waals surface area contributed by atoms with Gasteiger partial charge in [-0.2, -0.15) is 10.4 Å². The second-order valence-corrected chi connectivity index (χ2v) is 6.64. The number of rotatable bonds is 4. The lowest BCUT2D eigenvalue weighted by Gasteiger charge is -2.07. The van der Waals surface area contributed by atoms with Gasteiger partial charge in [-0.1, -0.05) is 23.2 Å². The van der Waals surface area contributed by atoms with Crippen LogP contribution in [0.1, 0.15) is 16.2 Å². The molecule has 0 fully saturated rings. The molecule has 1 aromatic carbocycles. The number of amides is 1. The van der Waals surface area contributed by atoms with Crippen molar-refractivity contribution in [1.29, 1.82) is 5.26 Å². The maximum atomic E-state index is 11.3. The molecule has 0 bridgehead atoms. The van der Waals surface area contributed by atoms with E-state index in [1.807, 2.05) is 6.07 Å². The summed E-state index contributed by atoms with van der Waals surface area (Å²) in [5.74, 6) is -0.0634. The summed E-state index contributed by atoms with van der Waals surface area (Å²) < 4.78 is 1.51. The number of hydrogen-bond acceptors (Lipinski definition) is 7. The highest BCUT2D eigenvalue weighted by Crippen LogP contribution is 2.32. The number of nitriles is 1. The number of fused-ring (bicyclic) bond motifs is 1. The van der Waals surface area contributed by atoms with Gasteiger partial charge in [-0.3, -0.25) is 4.79 Å². The summed E-state index contributed by atoms with van der Waals surface area (Å²) in [6.07, 6.45) is 4.68. The van der Waals surface area contributed by atoms with E-state index in [0.29, 0.717) is 33.8 Å². The Morgan fingerprint density at radius 1 is 1.17 bits per heavy atom. The summed E-state index contributed by atoms with van der Waals surface area (Å²) in [5, 5.41) is 17.8. The molecule has 11 heteroatoms. The highest BCUT2D eigenvalue weighted by Gasteiger charge is 2.15. The van der Waals surface area contributed by atoms with Crippen LogP contribution in [-0.2, 0) is 0 Å². The van der Waals surface area contributed by atoms with E-state index < -0.39 is 5.91 Å². The van der Waals surface area contributed by atoms with Crippen LogP contribution in [-0.4, -0.2) is 30.6 Å². The monoisotopic (exact) mass is 424 g/mol. The molecule has 0 aliphatic carbocycles. The number of nitrogens with zero attached hydrogens (tertiary/aromatic N) is 6. The molecule has 3 heterocycles. The number of carbonyl (C=O) groups is 1. The summed E-state index contributed by atoms with van der Waals surface area (Å²) in [5.41, 5.74) is 6.61. The van der Waals surface area contributed by atoms with E-state index >= 15 is 0 Å². The average molecular weight is 425 g/mol. The Bertz CT molecular complexity index is 1290. The van der Waals surface area contributed by atoms with Crippen LogP contribution in [0.3, 0.4) is 0 Å². The highest BCUT2D eigenvalue weighted by atomic mass is 35.5. The summed E-state index contributed by atoms with van der Waals surface area (Å²) in [6, 6.07) is 8.32. The fourth-order valence-electron chi connectivity index (χ4n) is 2.68. The topological polar surface area (TPSA) is 135 Å². The Labute approximate surface area is 173 Å². The number of pyridine rings is 1. The molecular formula is C18H10Cl2N8O. The maximum Gasteiger partial charge on any atom is 0.286 e. The molecule has 0 aliphatic rings. The Hall–Kier alpha value is -3.74. The standard InChI is InChI=1S/C18H10Cl2N8O/c19-11-5-9(7-21)6-12(20)15(11)28-8-10-13(27-28)1-3-23-17(10)25-14-2-4-24-18(26-14)16(22)29/h1-6,8H,(H2,22,29)(H,23,24,25,26). The fourth-order valence-corrected chi connectivity index (χ4v) is 3.34. The lowest BCUT2D eigenvalue weighted by atomic mass is 10.2. The minimum Gasteiger partial charge on any atom is -0.363 e. The third kappa shape index (κ3) is 3.54. The van der Waals surface area contributed by atoms with Crippen LogP contribution in [0, 0.1) is 11.3 Å². The molecule has 4 aromatic rings. The van der Waals surface area contributed by atoms with E-state index in [4.69, 9.17) is 34.2 Å². The van der Waals surface area contributed by atoms with Crippen molar-refractivity contribution in [3.63, 3.8) is 0 Å². The van der Waals surface area contributed by atoms with E-state index in [1.54, 1.807) is 24.5 Å². The Kier molecular flexibility index (Phi) is 4.72. The van der Waals surface area contributed by atoms with Crippen molar-refractivity contribution < 1.29 is 4.79 Å². The molecule has 142 valence electrons. The van der Waals surface area contributed by atoms with Crippen molar-refractivity contribution in [2.75, 3.05) is 5.32 Å². The van der Waals surface area contributed by atoms with Gasteiger partial charge in [0.25, 0.3) is 5.91 Å². The zero-order valence-electron chi connectivity index (χ0n) is 14.5. The summed E-state index contributed by atoms with van der Waals surface area (Å²) in [4.78, 5) is 23.4. The quantitative estimate of drug-likeness (QED) is 0.512. The van der Waals surface area contributed by atoms with Gasteiger partial charge in [0.05, 0.1) is 32.6 Å². The van der Waals surface area contributed by atoms with Gasteiger partial charge in [0.15, 0.2) is 0 Å². The number of nitrogens with one attached hydrogen (secondary N) is 1. The molecule has 0 saturated carbocycles. The predicted molar refractivity (Wildman–Crippen MR) is 107 cm³/mol. The van der Waals surface area contributed by atoms with E-state index in [0.717, 1.165) is 0 Å². The van der Waals surface area contributed by atoms with Crippen LogP contribution < -0.4 is 11.1 Å². The summed E-state index contributed by atoms with van der Waals surface area (Å²) in [7, 11) is 0. The average Bonchev–Trinajstić information content (AvgIpc) is 3.12. The molecular weight excluding hydrogens is 415 g/mol. The minimum absolute atomic E-state index is 0.117. The largest absolute Gasteiger partial charge is 0.363 e. The molecule has 3 aromatic heterocycles. The number of carbonyl (C=O) groups excluding carboxylic acids is 1. The minimum atomic E-state index is -0.738. The molecule has 29 heavy (non-hydrogen) atoms. The van der Waals surface area contributed by atoms with Crippen molar-refractivity contribution in [3.8, 4) is 11.8 Å². The van der Waals surface area contributed by atoms with Gasteiger partial charge in [0.2, 0.25) is 5.82 Å². The van der Waals surface area contributed by atoms with Crippen LogP contribution in [0.4, 0.5) is 11.6 Å². The lowest BCUT2D eigenvalue weighted by molar-refractivity contribution is 0.0990. The Morgan fingerprint density at radius 3 is 2.59 bits per heavy atom. The zero-order chi connectivity index (χ0) is 20.5. The third-order valence-electron chi connectivity index (χ3n) is 3.93. The van der Waals surface area contributed by atoms with Gasteiger partial charge >= 0.3 is 0 Å². The number of nitrogens with two attached hydrogens (primary N) is 1. The van der Waals surface area contributed by atoms with Crippen LogP contribution in [0.25, 0.3) is 16.6 Å². The SMILES string of the molecule is N#Cc1cc(Cl)c(-n2cc3c(Nc4ccnc(C(N)=O)n4)nccc3n2)c(Cl)c1. The van der Waals surface area contributed by atoms with E-state index in [2.05, 4.69) is 25.4 Å². The number of aromatic nitrogens is 5. The van der Waals surface area contributed by atoms with Gasteiger partial charge in [0, 0.05) is 18.6 Å². The highest BCUT2D eigenvalue weighted by molar-refractivity contribution is 6.38. The van der Waals surface area contributed by atoms with Gasteiger partial charge in [0.1, 0.15) is 17.3 Å². The molecule has 0 atom stereocenters. The van der Waals surface area contributed by atoms with E-state index in [1.165, 1.54) is 23.0 Å². The molecule has 9 nitrogen and oxygen atoms in total. The van der Waals surface area contributed by atoms with Crippen LogP contribution in [0.2, 0.25) is 10.0 Å². The number of benzene rings is 1. The smallest absolute Gasteiger partial charge is 0.286 e. The maximum absolute atomic E-state index is 11.3. The van der Waals surface area contributed by atoms with Gasteiger partial charge < -0.3 is 11.1 Å². The van der Waals surface area contributed by atoms with Crippen molar-refractivity contribution in [2.45, 2.75) is 0 Å². The van der Waals surface area contributed by atoms with Crippen LogP contribution in [0.5, 0.6) is 0 Å². The number of halogens is 2. The molecule has 0 unspecified atom stereocenters. The Balaban J connectivity index is 1.78. The summed E-state index contributed by atoms with van der Waals surface area (Å²) in [6.45, 7) is 0. The summed E-state index contributed by atoms with van der Waals surface area (Å²) >= 11 is 12.6. The molecule has 0 aliphatic heterocycles. The van der Waals surface area contributed by atoms with E-state index in [-0.39, 0.29) is 15.9 Å². The normalized spacial score (nSPS) is 10.7. The molecule has 1 amide bonds. The molecule has 0 spiro atoms. The van der Waals surface area contributed by atoms with Crippen molar-refractivity contribution in [2.24, 2.45) is 5.73 Å². The first kappa shape index (κ1) is 18.6. The van der Waals surface area contributed by atoms with Gasteiger partial charge in [-0.25, -0.2) is 19.6 Å². The lowest BCUT2D eigenvalue weighted by Crippen LogP contribution is -2.15. The van der Waals surface area contributed by atoms with Crippen molar-refractivity contribution in [3.05, 3.63) is 64.3 Å². The first-order valence-electron chi connectivity index (χ1n) is 8.10. The number of hydrogen-bond donors (Lipinski definition) is 2. The Morgan fingerprint density at radius 2 is 1.90 bits per heavy atom. The molecule has 0 saturated heterocycles. The van der Waals surface area contributed by atoms with Gasteiger partial charge in [-0.05, 0) is 24.3 Å². The first-order chi connectivity index (χ1) is 14.0. The van der Waals surface area contributed by atoms with Gasteiger partial charge in [-0.15, -0.1) is 0 Å². The van der Waals surface area contributed by atoms with Crippen LogP contribution in [0.15, 0.2) is 42.9 Å². The van der Waals surface area contributed by atoms with Crippen LogP contribution >= 0.6 is 23.2 Å². The first-order valence-corrected chi connectivity index (χ1v) is 8.85. The molecule has 4 rings (SSSR count).